The van der Waals surface area contributed by atoms with Crippen molar-refractivity contribution in [1.82, 2.24) is 10.2 Å². The third-order valence-corrected chi connectivity index (χ3v) is 7.21. The Labute approximate surface area is 160 Å². The van der Waals surface area contributed by atoms with E-state index in [-0.39, 0.29) is 23.3 Å². The van der Waals surface area contributed by atoms with Gasteiger partial charge in [-0.15, -0.1) is 0 Å². The van der Waals surface area contributed by atoms with Crippen LogP contribution in [-0.2, 0) is 0 Å². The first-order chi connectivity index (χ1) is 13.7. The molecule has 28 heavy (non-hydrogen) atoms. The first kappa shape index (κ1) is 16.1. The van der Waals surface area contributed by atoms with Crippen LogP contribution in [0.4, 0.5) is 14.5 Å². The Balaban J connectivity index is 1.57. The minimum Gasteiger partial charge on any atom is -0.375 e. The highest BCUT2D eigenvalue weighted by Gasteiger charge is 2.54. The van der Waals surface area contributed by atoms with E-state index in [0.717, 1.165) is 28.5 Å². The number of nitrogens with one attached hydrogen (secondary N) is 2. The van der Waals surface area contributed by atoms with Crippen LogP contribution < -0.4 is 5.32 Å². The third-order valence-electron chi connectivity index (χ3n) is 7.21. The zero-order valence-corrected chi connectivity index (χ0v) is 15.0. The molecule has 0 radical (unpaired) electrons. The van der Waals surface area contributed by atoms with Crippen molar-refractivity contribution in [3.05, 3.63) is 58.8 Å². The summed E-state index contributed by atoms with van der Waals surface area (Å²) >= 11 is 0. The smallest absolute Gasteiger partial charge is 0.148 e. The van der Waals surface area contributed by atoms with Gasteiger partial charge in [0, 0.05) is 11.5 Å². The summed E-state index contributed by atoms with van der Waals surface area (Å²) in [6, 6.07) is 8.00. The summed E-state index contributed by atoms with van der Waals surface area (Å²) in [6.07, 6.45) is 5.29. The number of anilines is 1. The molecule has 2 aromatic carbocycles. The lowest BCUT2D eigenvalue weighted by atomic mass is 9.67. The molecule has 2 saturated carbocycles. The second-order valence-corrected chi connectivity index (χ2v) is 8.39. The Bertz CT molecular complexity index is 1160. The van der Waals surface area contributed by atoms with E-state index < -0.39 is 5.82 Å². The lowest BCUT2D eigenvalue weighted by molar-refractivity contribution is 0.247. The summed E-state index contributed by atoms with van der Waals surface area (Å²) in [7, 11) is 0. The van der Waals surface area contributed by atoms with Crippen LogP contribution in [0.3, 0.4) is 0 Å². The van der Waals surface area contributed by atoms with E-state index >= 15 is 4.39 Å². The molecule has 3 aliphatic rings. The quantitative estimate of drug-likeness (QED) is 0.627. The maximum atomic E-state index is 15.1. The minimum absolute atomic E-state index is 0.0376. The largest absolute Gasteiger partial charge is 0.375 e. The molecule has 2 bridgehead atoms. The Morgan fingerprint density at radius 2 is 1.96 bits per heavy atom. The summed E-state index contributed by atoms with van der Waals surface area (Å²) in [5.74, 6) is 0.851. The van der Waals surface area contributed by atoms with Gasteiger partial charge in [0.25, 0.3) is 0 Å². The lowest BCUT2D eigenvalue weighted by Crippen LogP contribution is -2.36. The predicted octanol–water partition coefficient (Wildman–Crippen LogP) is 5.01. The normalized spacial score (nSPS) is 30.0. The number of hydrogen-bond donors (Lipinski definition) is 2. The SMILES string of the molecule is N#Cc1cc([C@@H]2Nc3c(F)cc4[nH]ncc4c3[C@H]3[C@@H]4CC[C@@H](C4)[C@H]32)ccc1F. The van der Waals surface area contributed by atoms with Crippen LogP contribution in [0.25, 0.3) is 10.9 Å². The molecule has 6 rings (SSSR count). The molecule has 6 heteroatoms. The van der Waals surface area contributed by atoms with Crippen molar-refractivity contribution in [3.63, 3.8) is 0 Å². The maximum Gasteiger partial charge on any atom is 0.148 e. The number of hydrogen-bond acceptors (Lipinski definition) is 3. The fourth-order valence-electron chi connectivity index (χ4n) is 6.20. The number of aromatic nitrogens is 2. The second kappa shape index (κ2) is 5.54. The molecule has 5 atom stereocenters. The summed E-state index contributed by atoms with van der Waals surface area (Å²) in [6.45, 7) is 0. The molecule has 4 nitrogen and oxygen atoms in total. The number of benzene rings is 2. The zero-order valence-electron chi connectivity index (χ0n) is 15.0. The van der Waals surface area contributed by atoms with Crippen molar-refractivity contribution < 1.29 is 8.78 Å². The van der Waals surface area contributed by atoms with E-state index in [1.54, 1.807) is 18.3 Å². The van der Waals surface area contributed by atoms with Gasteiger partial charge in [0.2, 0.25) is 0 Å². The topological polar surface area (TPSA) is 64.5 Å². The Hall–Kier alpha value is -2.94. The van der Waals surface area contributed by atoms with E-state index in [9.17, 15) is 9.65 Å². The highest BCUT2D eigenvalue weighted by molar-refractivity contribution is 5.89. The van der Waals surface area contributed by atoms with E-state index in [1.807, 2.05) is 6.07 Å². The van der Waals surface area contributed by atoms with E-state index in [2.05, 4.69) is 15.5 Å². The fourth-order valence-corrected chi connectivity index (χ4v) is 6.20. The summed E-state index contributed by atoms with van der Waals surface area (Å²) in [5.41, 5.74) is 3.20. The van der Waals surface area contributed by atoms with Gasteiger partial charge >= 0.3 is 0 Å². The molecule has 1 aromatic heterocycles. The molecule has 2 heterocycles. The molecule has 3 aromatic rings. The predicted molar refractivity (Wildman–Crippen MR) is 101 cm³/mol. The van der Waals surface area contributed by atoms with Gasteiger partial charge < -0.3 is 5.32 Å². The average Bonchev–Trinajstić information content (AvgIpc) is 3.44. The Morgan fingerprint density at radius 3 is 2.82 bits per heavy atom. The molecule has 0 saturated heterocycles. The van der Waals surface area contributed by atoms with E-state index in [4.69, 9.17) is 0 Å². The number of nitriles is 1. The van der Waals surface area contributed by atoms with Crippen molar-refractivity contribution in [2.75, 3.05) is 5.32 Å². The van der Waals surface area contributed by atoms with Crippen LogP contribution >= 0.6 is 0 Å². The van der Waals surface area contributed by atoms with Gasteiger partial charge in [-0.3, -0.25) is 5.10 Å². The molecule has 0 amide bonds. The van der Waals surface area contributed by atoms with Crippen LogP contribution in [0.5, 0.6) is 0 Å². The molecule has 2 fully saturated rings. The molecule has 2 aliphatic carbocycles. The van der Waals surface area contributed by atoms with Crippen molar-refractivity contribution in [3.8, 4) is 6.07 Å². The number of H-pyrrole nitrogens is 1. The molecule has 1 aliphatic heterocycles. The first-order valence-corrected chi connectivity index (χ1v) is 9.77. The van der Waals surface area contributed by atoms with Crippen LogP contribution in [0, 0.1) is 40.7 Å². The molecular formula is C22H18F2N4. The average molecular weight is 376 g/mol. The van der Waals surface area contributed by atoms with Gasteiger partial charge in [-0.25, -0.2) is 8.78 Å². The van der Waals surface area contributed by atoms with E-state index in [1.165, 1.54) is 25.0 Å². The van der Waals surface area contributed by atoms with E-state index in [0.29, 0.717) is 23.4 Å². The number of halogens is 2. The van der Waals surface area contributed by atoms with Crippen LogP contribution in [0.2, 0.25) is 0 Å². The lowest BCUT2D eigenvalue weighted by Gasteiger charge is -2.43. The van der Waals surface area contributed by atoms with Gasteiger partial charge in [-0.1, -0.05) is 6.07 Å². The third kappa shape index (κ3) is 1.99. The fraction of sp³-hybridized carbons (Fsp3) is 0.364. The summed E-state index contributed by atoms with van der Waals surface area (Å²) < 4.78 is 28.9. The molecule has 140 valence electrons. The number of nitrogens with zero attached hydrogens (tertiary/aromatic N) is 2. The molecule has 2 N–H and O–H groups in total. The van der Waals surface area contributed by atoms with Gasteiger partial charge in [0.05, 0.1) is 29.0 Å². The van der Waals surface area contributed by atoms with Gasteiger partial charge in [0.15, 0.2) is 0 Å². The summed E-state index contributed by atoms with van der Waals surface area (Å²) in [5, 5.41) is 20.7. The standard InChI is InChI=1S/C22H18F2N4/c23-15-4-3-12(6-13(15)8-25)21-19-11-2-1-10(5-11)18(19)20-14-9-26-28-17(14)7-16(24)22(20)27-21/h3-4,6-7,9-11,18-19,21,27H,1-2,5H2,(H,26,28)/t10-,11+,18+,19-,21+/m1/s1. The summed E-state index contributed by atoms with van der Waals surface area (Å²) in [4.78, 5) is 0. The van der Waals surface area contributed by atoms with Crippen LogP contribution in [0.15, 0.2) is 30.5 Å². The van der Waals surface area contributed by atoms with Crippen LogP contribution in [0.1, 0.15) is 47.9 Å². The monoisotopic (exact) mass is 376 g/mol. The van der Waals surface area contributed by atoms with Gasteiger partial charge in [-0.2, -0.15) is 10.4 Å². The molecule has 0 unspecified atom stereocenters. The van der Waals surface area contributed by atoms with Gasteiger partial charge in [-0.05, 0) is 66.2 Å². The molecular weight excluding hydrogens is 358 g/mol. The number of aromatic amines is 1. The molecule has 0 spiro atoms. The second-order valence-electron chi connectivity index (χ2n) is 8.39. The highest BCUT2D eigenvalue weighted by Crippen LogP contribution is 2.64. The van der Waals surface area contributed by atoms with Crippen molar-refractivity contribution in [2.24, 2.45) is 17.8 Å². The Kier molecular flexibility index (Phi) is 3.18. The Morgan fingerprint density at radius 1 is 1.11 bits per heavy atom. The van der Waals surface area contributed by atoms with Crippen molar-refractivity contribution in [1.29, 1.82) is 5.26 Å². The highest BCUT2D eigenvalue weighted by atomic mass is 19.1. The number of rotatable bonds is 1. The first-order valence-electron chi connectivity index (χ1n) is 9.77. The number of fused-ring (bicyclic) bond motifs is 9. The maximum absolute atomic E-state index is 15.1. The van der Waals surface area contributed by atoms with Crippen molar-refractivity contribution in [2.45, 2.75) is 31.2 Å². The van der Waals surface area contributed by atoms with Crippen LogP contribution in [-0.4, -0.2) is 10.2 Å². The minimum atomic E-state index is -0.516. The van der Waals surface area contributed by atoms with Crippen molar-refractivity contribution >= 4 is 16.6 Å². The van der Waals surface area contributed by atoms with Gasteiger partial charge in [0.1, 0.15) is 17.7 Å². The zero-order chi connectivity index (χ0) is 19.0.